The highest BCUT2D eigenvalue weighted by Gasteiger charge is 2.30. The first-order chi connectivity index (χ1) is 12.0. The zero-order chi connectivity index (χ0) is 19.9. The molecule has 1 heterocycles. The monoisotopic (exact) mass is 386 g/mol. The highest BCUT2D eigenvalue weighted by atomic mass is 32.1. The number of rotatable bonds is 9. The van der Waals surface area contributed by atoms with Gasteiger partial charge in [0.1, 0.15) is 12.4 Å². The minimum Gasteiger partial charge on any atom is -0.444 e. The van der Waals surface area contributed by atoms with Crippen molar-refractivity contribution in [2.24, 2.45) is 5.92 Å². The summed E-state index contributed by atoms with van der Waals surface area (Å²) in [6, 6.07) is -0.269. The summed E-state index contributed by atoms with van der Waals surface area (Å²) in [4.78, 5) is 30.8. The number of carbonyl (C=O) groups excluding carboxylic acids is 2. The van der Waals surface area contributed by atoms with Crippen LogP contribution < -0.4 is 0 Å². The Bertz CT molecular complexity index is 595. The summed E-state index contributed by atoms with van der Waals surface area (Å²) >= 11 is 1.28. The van der Waals surface area contributed by atoms with Gasteiger partial charge in [-0.3, -0.25) is 4.79 Å². The second kappa shape index (κ2) is 9.99. The van der Waals surface area contributed by atoms with E-state index in [1.165, 1.54) is 16.2 Å². The highest BCUT2D eigenvalue weighted by Crippen LogP contribution is 2.21. The van der Waals surface area contributed by atoms with E-state index in [0.717, 1.165) is 0 Å². The van der Waals surface area contributed by atoms with E-state index in [-0.39, 0.29) is 31.0 Å². The first kappa shape index (κ1) is 22.5. The third-order valence-electron chi connectivity index (χ3n) is 3.58. The van der Waals surface area contributed by atoms with Crippen LogP contribution in [0.5, 0.6) is 0 Å². The number of nitrogens with zero attached hydrogens (tertiary/aromatic N) is 2. The van der Waals surface area contributed by atoms with Crippen molar-refractivity contribution in [2.75, 3.05) is 21.0 Å². The van der Waals surface area contributed by atoms with Gasteiger partial charge < -0.3 is 19.1 Å². The smallest absolute Gasteiger partial charge is 0.410 e. The molecule has 0 aliphatic heterocycles. The number of carbonyl (C=O) groups is 2. The van der Waals surface area contributed by atoms with Gasteiger partial charge in [0.2, 0.25) is 0 Å². The van der Waals surface area contributed by atoms with E-state index in [1.54, 1.807) is 19.5 Å². The lowest BCUT2D eigenvalue weighted by molar-refractivity contribution is -0.0399. The van der Waals surface area contributed by atoms with Gasteiger partial charge in [-0.2, -0.15) is 0 Å². The number of ether oxygens (including phenoxy) is 3. The van der Waals surface area contributed by atoms with E-state index in [4.69, 9.17) is 14.2 Å². The minimum absolute atomic E-state index is 0.0953. The van der Waals surface area contributed by atoms with Crippen LogP contribution in [-0.4, -0.2) is 54.4 Å². The maximum atomic E-state index is 12.6. The van der Waals surface area contributed by atoms with Gasteiger partial charge in [-0.15, -0.1) is 11.3 Å². The lowest BCUT2D eigenvalue weighted by Gasteiger charge is -2.32. The first-order valence-corrected chi connectivity index (χ1v) is 9.43. The van der Waals surface area contributed by atoms with Crippen LogP contribution in [0.3, 0.4) is 0 Å². The predicted molar refractivity (Wildman–Crippen MR) is 100 cm³/mol. The first-order valence-electron chi connectivity index (χ1n) is 8.55. The Morgan fingerprint density at radius 1 is 1.31 bits per heavy atom. The Balaban J connectivity index is 2.74. The molecule has 0 N–H and O–H groups in total. The highest BCUT2D eigenvalue weighted by molar-refractivity contribution is 7.11. The quantitative estimate of drug-likeness (QED) is 0.366. The molecule has 1 amide bonds. The summed E-state index contributed by atoms with van der Waals surface area (Å²) in [5, 5.41) is 2.22. The molecular weight excluding hydrogens is 356 g/mol. The van der Waals surface area contributed by atoms with Crippen molar-refractivity contribution in [3.05, 3.63) is 16.1 Å². The van der Waals surface area contributed by atoms with Crippen LogP contribution in [0.2, 0.25) is 0 Å². The second-order valence-corrected chi connectivity index (χ2v) is 8.29. The molecule has 0 aliphatic carbocycles. The zero-order valence-corrected chi connectivity index (χ0v) is 17.5. The van der Waals surface area contributed by atoms with Crippen molar-refractivity contribution in [3.8, 4) is 0 Å². The normalized spacial score (nSPS) is 12.9. The van der Waals surface area contributed by atoms with E-state index < -0.39 is 11.7 Å². The van der Waals surface area contributed by atoms with E-state index >= 15 is 0 Å². The fourth-order valence-corrected chi connectivity index (χ4v) is 3.05. The molecular formula is C18H30N2O5S. The van der Waals surface area contributed by atoms with Crippen molar-refractivity contribution >= 4 is 23.2 Å². The van der Waals surface area contributed by atoms with Crippen LogP contribution in [0.15, 0.2) is 5.38 Å². The van der Waals surface area contributed by atoms with Gasteiger partial charge in [0.15, 0.2) is 10.8 Å². The fourth-order valence-electron chi connectivity index (χ4n) is 2.30. The molecule has 0 aromatic carbocycles. The van der Waals surface area contributed by atoms with Crippen molar-refractivity contribution in [1.29, 1.82) is 0 Å². The summed E-state index contributed by atoms with van der Waals surface area (Å²) in [5.41, 5.74) is 0.112. The minimum atomic E-state index is -0.580. The maximum Gasteiger partial charge on any atom is 0.410 e. The lowest BCUT2D eigenvalue weighted by Crippen LogP contribution is -2.44. The molecule has 0 aliphatic rings. The summed E-state index contributed by atoms with van der Waals surface area (Å²) in [5.74, 6) is 0.00281. The van der Waals surface area contributed by atoms with Crippen LogP contribution in [0.4, 0.5) is 4.79 Å². The molecule has 1 atom stereocenters. The number of amides is 1. The van der Waals surface area contributed by atoms with Gasteiger partial charge in [-0.25, -0.2) is 9.78 Å². The van der Waals surface area contributed by atoms with Crippen LogP contribution in [0.25, 0.3) is 0 Å². The molecule has 1 rings (SSSR count). The zero-order valence-electron chi connectivity index (χ0n) is 16.7. The SMILES string of the molecule is COCOCc1csc(C(=O)C[C@H](C(C)C)N(C)C(=O)OC(C)(C)C)n1. The molecule has 26 heavy (non-hydrogen) atoms. The van der Waals surface area contributed by atoms with Crippen molar-refractivity contribution in [1.82, 2.24) is 9.88 Å². The molecule has 148 valence electrons. The average molecular weight is 387 g/mol. The molecule has 8 heteroatoms. The topological polar surface area (TPSA) is 78.0 Å². The summed E-state index contributed by atoms with van der Waals surface area (Å²) in [7, 11) is 3.21. The molecule has 0 spiro atoms. The standard InChI is InChI=1S/C18H30N2O5S/c1-12(2)14(20(6)17(22)25-18(3,4)5)8-15(21)16-19-13(10-26-16)9-24-11-23-7/h10,12,14H,8-9,11H2,1-7H3/t14-/m1/s1. The largest absolute Gasteiger partial charge is 0.444 e. The van der Waals surface area contributed by atoms with Gasteiger partial charge in [0.05, 0.1) is 12.3 Å². The second-order valence-electron chi connectivity index (χ2n) is 7.43. The lowest BCUT2D eigenvalue weighted by atomic mass is 9.97. The van der Waals surface area contributed by atoms with Crippen LogP contribution in [0, 0.1) is 5.92 Å². The Kier molecular flexibility index (Phi) is 8.66. The Hall–Kier alpha value is -1.51. The third kappa shape index (κ3) is 7.39. The Morgan fingerprint density at radius 3 is 2.50 bits per heavy atom. The van der Waals surface area contributed by atoms with E-state index in [9.17, 15) is 9.59 Å². The molecule has 0 saturated carbocycles. The molecule has 0 bridgehead atoms. The molecule has 7 nitrogen and oxygen atoms in total. The maximum absolute atomic E-state index is 12.6. The van der Waals surface area contributed by atoms with Crippen molar-refractivity contribution in [2.45, 2.75) is 59.3 Å². The number of hydrogen-bond acceptors (Lipinski definition) is 7. The molecule has 0 fully saturated rings. The molecule has 0 saturated heterocycles. The van der Waals surface area contributed by atoms with Crippen molar-refractivity contribution < 1.29 is 23.8 Å². The number of aromatic nitrogens is 1. The summed E-state index contributed by atoms with van der Waals surface area (Å²) in [6.45, 7) is 9.88. The van der Waals surface area contributed by atoms with Gasteiger partial charge in [0.25, 0.3) is 0 Å². The molecule has 1 aromatic heterocycles. The number of ketones is 1. The number of thiazole rings is 1. The Labute approximate surface area is 159 Å². The summed E-state index contributed by atoms with van der Waals surface area (Å²) in [6.07, 6.45) is -0.240. The number of hydrogen-bond donors (Lipinski definition) is 0. The summed E-state index contributed by atoms with van der Waals surface area (Å²) < 4.78 is 15.5. The van der Waals surface area contributed by atoms with Crippen LogP contribution in [0.1, 0.15) is 56.5 Å². The molecule has 1 aromatic rings. The van der Waals surface area contributed by atoms with Gasteiger partial charge in [0, 0.05) is 32.0 Å². The van der Waals surface area contributed by atoms with E-state index in [0.29, 0.717) is 17.3 Å². The number of Topliss-reactive ketones (excluding diaryl/α,β-unsaturated/α-hetero) is 1. The van der Waals surface area contributed by atoms with E-state index in [1.807, 2.05) is 34.6 Å². The number of methoxy groups -OCH3 is 1. The average Bonchev–Trinajstić information content (AvgIpc) is 2.99. The fraction of sp³-hybridized carbons (Fsp3) is 0.722. The van der Waals surface area contributed by atoms with E-state index in [2.05, 4.69) is 4.98 Å². The van der Waals surface area contributed by atoms with Crippen LogP contribution >= 0.6 is 11.3 Å². The van der Waals surface area contributed by atoms with Crippen molar-refractivity contribution in [3.63, 3.8) is 0 Å². The molecule has 0 radical (unpaired) electrons. The Morgan fingerprint density at radius 2 is 1.96 bits per heavy atom. The third-order valence-corrected chi connectivity index (χ3v) is 4.52. The van der Waals surface area contributed by atoms with Gasteiger partial charge >= 0.3 is 6.09 Å². The van der Waals surface area contributed by atoms with Gasteiger partial charge in [-0.1, -0.05) is 13.8 Å². The van der Waals surface area contributed by atoms with Gasteiger partial charge in [-0.05, 0) is 26.7 Å². The molecule has 0 unspecified atom stereocenters. The van der Waals surface area contributed by atoms with Crippen LogP contribution in [-0.2, 0) is 20.8 Å². The predicted octanol–water partition coefficient (Wildman–Crippen LogP) is 3.73.